The van der Waals surface area contributed by atoms with Gasteiger partial charge in [-0.2, -0.15) is 13.2 Å². The molecule has 3 N–H and O–H groups in total. The Balaban J connectivity index is 1.59. The van der Waals surface area contributed by atoms with Crippen molar-refractivity contribution in [1.29, 1.82) is 0 Å². The van der Waals surface area contributed by atoms with E-state index in [4.69, 9.17) is 15.0 Å². The minimum absolute atomic E-state index is 0.0890. The zero-order chi connectivity index (χ0) is 23.2. The lowest BCUT2D eigenvalue weighted by molar-refractivity contribution is -0.139. The van der Waals surface area contributed by atoms with Crippen LogP contribution in [-0.4, -0.2) is 30.5 Å². The van der Waals surface area contributed by atoms with Gasteiger partial charge in [-0.3, -0.25) is 0 Å². The fourth-order valence-corrected chi connectivity index (χ4v) is 4.41. The van der Waals surface area contributed by atoms with Crippen LogP contribution in [0.3, 0.4) is 0 Å². The Morgan fingerprint density at radius 3 is 2.44 bits per heavy atom. The van der Waals surface area contributed by atoms with E-state index >= 15 is 0 Å². The molecule has 0 fully saturated rings. The van der Waals surface area contributed by atoms with Crippen molar-refractivity contribution >= 4 is 9.47 Å². The van der Waals surface area contributed by atoms with Gasteiger partial charge >= 0.3 is 6.18 Å². The van der Waals surface area contributed by atoms with Crippen molar-refractivity contribution in [3.05, 3.63) is 64.2 Å². The molecule has 4 nitrogen and oxygen atoms in total. The minimum Gasteiger partial charge on any atom is -0.493 e. The van der Waals surface area contributed by atoms with Gasteiger partial charge in [-0.1, -0.05) is 24.3 Å². The molecule has 3 rings (SSSR count). The lowest BCUT2D eigenvalue weighted by Crippen LogP contribution is -2.47. The number of hydrogen-bond acceptors (Lipinski definition) is 4. The van der Waals surface area contributed by atoms with Crippen LogP contribution in [0.1, 0.15) is 47.1 Å². The summed E-state index contributed by atoms with van der Waals surface area (Å²) in [6.45, 7) is -0.0217. The molecule has 2 atom stereocenters. The number of rotatable bonds is 11. The molecule has 0 aliphatic heterocycles. The Morgan fingerprint density at radius 2 is 1.72 bits per heavy atom. The van der Waals surface area contributed by atoms with Gasteiger partial charge in [-0.05, 0) is 79.3 Å². The van der Waals surface area contributed by atoms with E-state index in [1.807, 2.05) is 0 Å². The molecule has 32 heavy (non-hydrogen) atoms. The highest BCUT2D eigenvalue weighted by Gasteiger charge is 2.35. The first-order chi connectivity index (χ1) is 15.2. The van der Waals surface area contributed by atoms with E-state index in [0.717, 1.165) is 25.3 Å². The van der Waals surface area contributed by atoms with Crippen molar-refractivity contribution in [3.63, 3.8) is 0 Å². The summed E-state index contributed by atoms with van der Waals surface area (Å²) < 4.78 is 51.3. The van der Waals surface area contributed by atoms with Crippen LogP contribution >= 0.6 is 9.47 Å². The zero-order valence-electron chi connectivity index (χ0n) is 18.1. The third kappa shape index (κ3) is 6.67. The molecule has 0 amide bonds. The van der Waals surface area contributed by atoms with E-state index in [1.54, 1.807) is 6.07 Å². The van der Waals surface area contributed by atoms with Crippen molar-refractivity contribution < 1.29 is 27.5 Å². The van der Waals surface area contributed by atoms with Crippen molar-refractivity contribution in [2.24, 2.45) is 5.73 Å². The van der Waals surface area contributed by atoms with Crippen LogP contribution in [0, 0.1) is 0 Å². The van der Waals surface area contributed by atoms with Crippen LogP contribution in [0.5, 0.6) is 5.75 Å². The number of hydrogen-bond donors (Lipinski definition) is 2. The molecule has 0 aromatic heterocycles. The molecule has 2 aromatic carbocycles. The van der Waals surface area contributed by atoms with Crippen molar-refractivity contribution in [2.45, 2.75) is 56.7 Å². The molecular weight excluding hydrogens is 438 g/mol. The predicted molar refractivity (Wildman–Crippen MR) is 122 cm³/mol. The van der Waals surface area contributed by atoms with Gasteiger partial charge in [-0.15, -0.1) is 0 Å². The van der Waals surface area contributed by atoms with Crippen molar-refractivity contribution in [2.75, 3.05) is 19.8 Å². The normalized spacial score (nSPS) is 15.4. The summed E-state index contributed by atoms with van der Waals surface area (Å²) in [5.41, 5.74) is 8.72. The van der Waals surface area contributed by atoms with E-state index in [2.05, 4.69) is 27.7 Å². The number of halogens is 3. The number of nitrogens with two attached hydrogens (primary N) is 1. The van der Waals surface area contributed by atoms with Crippen LogP contribution < -0.4 is 10.5 Å². The van der Waals surface area contributed by atoms with E-state index in [1.165, 1.54) is 29.2 Å². The monoisotopic (exact) mass is 469 g/mol. The molecule has 176 valence electrons. The highest BCUT2D eigenvalue weighted by Crippen LogP contribution is 2.37. The van der Waals surface area contributed by atoms with Crippen LogP contribution in [0.15, 0.2) is 36.4 Å². The summed E-state index contributed by atoms with van der Waals surface area (Å²) >= 11 is 0. The average Bonchev–Trinajstić information content (AvgIpc) is 3.23. The van der Waals surface area contributed by atoms with Gasteiger partial charge in [0, 0.05) is 9.47 Å². The van der Waals surface area contributed by atoms with E-state index in [9.17, 15) is 18.3 Å². The third-order valence-electron chi connectivity index (χ3n) is 5.98. The molecule has 0 bridgehead atoms. The van der Waals surface area contributed by atoms with Crippen molar-refractivity contribution in [1.82, 2.24) is 0 Å². The fourth-order valence-electron chi connectivity index (χ4n) is 4.08. The quantitative estimate of drug-likeness (QED) is 0.372. The Kier molecular flexibility index (Phi) is 8.56. The van der Waals surface area contributed by atoms with Gasteiger partial charge in [0.2, 0.25) is 0 Å². The van der Waals surface area contributed by atoms with Gasteiger partial charge < -0.3 is 20.1 Å². The highest BCUT2D eigenvalue weighted by molar-refractivity contribution is 7.09. The molecule has 1 aliphatic rings. The number of ether oxygens (including phenoxy) is 1. The molecular formula is C24H31F3NO3P. The zero-order valence-corrected chi connectivity index (χ0v) is 19.2. The van der Waals surface area contributed by atoms with Gasteiger partial charge in [0.15, 0.2) is 0 Å². The molecule has 2 unspecified atom stereocenters. The number of alkyl halides is 3. The summed E-state index contributed by atoms with van der Waals surface area (Å²) in [5, 5.41) is 9.46. The van der Waals surface area contributed by atoms with Gasteiger partial charge in [0.1, 0.15) is 5.75 Å². The van der Waals surface area contributed by atoms with Crippen LogP contribution in [0.25, 0.3) is 0 Å². The second-order valence-electron chi connectivity index (χ2n) is 8.57. The molecule has 0 heterocycles. The van der Waals surface area contributed by atoms with E-state index in [-0.39, 0.29) is 38.4 Å². The van der Waals surface area contributed by atoms with Crippen LogP contribution in [0.2, 0.25) is 0 Å². The number of fused-ring (bicyclic) bond motifs is 1. The average molecular weight is 469 g/mol. The number of aliphatic hydroxyl groups is 1. The van der Waals surface area contributed by atoms with Crippen LogP contribution in [0.4, 0.5) is 13.2 Å². The maximum atomic E-state index is 13.6. The Labute approximate surface area is 189 Å². The van der Waals surface area contributed by atoms with Gasteiger partial charge in [-0.25, -0.2) is 0 Å². The first kappa shape index (κ1) is 25.0. The number of benzene rings is 2. The molecule has 1 aliphatic carbocycles. The summed E-state index contributed by atoms with van der Waals surface area (Å²) in [6.07, 6.45) is 0.884. The second kappa shape index (κ2) is 11.0. The van der Waals surface area contributed by atoms with Crippen molar-refractivity contribution in [3.8, 4) is 5.75 Å². The number of aliphatic hydroxyl groups excluding tert-OH is 1. The van der Waals surface area contributed by atoms with Gasteiger partial charge in [0.25, 0.3) is 0 Å². The smallest absolute Gasteiger partial charge is 0.419 e. The largest absolute Gasteiger partial charge is 0.493 e. The fraction of sp³-hybridized carbons (Fsp3) is 0.500. The molecule has 0 saturated carbocycles. The summed E-state index contributed by atoms with van der Waals surface area (Å²) in [5.74, 6) is -0.162. The minimum atomic E-state index is -4.52. The lowest BCUT2D eigenvalue weighted by atomic mass is 9.93. The summed E-state index contributed by atoms with van der Waals surface area (Å²) in [6, 6.07) is 10.6. The first-order valence-corrected chi connectivity index (χ1v) is 11.4. The predicted octanol–water partition coefficient (Wildman–Crippen LogP) is 4.63. The number of aryl methyl sites for hydroxylation is 4. The maximum absolute atomic E-state index is 13.6. The molecule has 0 radical (unpaired) electrons. The molecule has 0 saturated heterocycles. The molecule has 2 aromatic rings. The maximum Gasteiger partial charge on any atom is 0.419 e. The molecule has 0 spiro atoms. The second-order valence-corrected chi connectivity index (χ2v) is 8.90. The lowest BCUT2D eigenvalue weighted by Gasteiger charge is -2.26. The van der Waals surface area contributed by atoms with E-state index in [0.29, 0.717) is 12.0 Å². The third-order valence-corrected chi connectivity index (χ3v) is 6.14. The summed E-state index contributed by atoms with van der Waals surface area (Å²) in [7, 11) is 2.06. The Morgan fingerprint density at radius 1 is 1.00 bits per heavy atom. The standard InChI is InChI=1S/C24H31F3NO3P/c25-24(26,27)21-14-18(10-11-23(28,15-29)16-31-32)7-9-22(21)30-12-2-3-17-6-8-19-4-1-5-20(19)13-17/h6-9,13-14,29H,1-5,10-12,15-16,28,32H2. The van der Waals surface area contributed by atoms with E-state index < -0.39 is 17.3 Å². The topological polar surface area (TPSA) is 64.7 Å². The Hall–Kier alpha value is -1.66. The SMILES string of the molecule is NC(CO)(CCc1ccc(OCCCc2ccc3c(c2)CCC3)c(C(F)(F)F)c1)COP. The first-order valence-electron chi connectivity index (χ1n) is 10.9. The summed E-state index contributed by atoms with van der Waals surface area (Å²) in [4.78, 5) is 0. The van der Waals surface area contributed by atoms with Gasteiger partial charge in [0.05, 0.1) is 30.9 Å². The molecule has 8 heteroatoms. The highest BCUT2D eigenvalue weighted by atomic mass is 31.0. The van der Waals surface area contributed by atoms with Crippen LogP contribution in [-0.2, 0) is 36.4 Å². The Bertz CT molecular complexity index is 907.